The molecule has 0 aliphatic heterocycles. The first kappa shape index (κ1) is 10.3. The van der Waals surface area contributed by atoms with Gasteiger partial charge in [-0.15, -0.1) is 0 Å². The molecule has 13 heavy (non-hydrogen) atoms. The summed E-state index contributed by atoms with van der Waals surface area (Å²) < 4.78 is 2.22. The predicted octanol–water partition coefficient (Wildman–Crippen LogP) is 1.65. The maximum Gasteiger partial charge on any atom is 0.0948 e. The Hall–Kier alpha value is -0.830. The van der Waals surface area contributed by atoms with Crippen LogP contribution in [0.4, 0.5) is 0 Å². The van der Waals surface area contributed by atoms with E-state index in [1.54, 1.807) is 0 Å². The van der Waals surface area contributed by atoms with Crippen molar-refractivity contribution in [2.45, 2.75) is 33.9 Å². The molecule has 0 saturated heterocycles. The second-order valence-electron chi connectivity index (χ2n) is 3.71. The fourth-order valence-electron chi connectivity index (χ4n) is 1.31. The number of hydrogen-bond donors (Lipinski definition) is 1. The molecule has 3 nitrogen and oxygen atoms in total. The van der Waals surface area contributed by atoms with Crippen molar-refractivity contribution in [3.8, 4) is 0 Å². The molecule has 0 fully saturated rings. The van der Waals surface area contributed by atoms with Crippen molar-refractivity contribution in [3.63, 3.8) is 0 Å². The van der Waals surface area contributed by atoms with Crippen LogP contribution in [0.2, 0.25) is 0 Å². The van der Waals surface area contributed by atoms with Crippen LogP contribution < -0.4 is 5.32 Å². The zero-order valence-corrected chi connectivity index (χ0v) is 8.75. The van der Waals surface area contributed by atoms with Crippen molar-refractivity contribution in [2.24, 2.45) is 5.92 Å². The number of aromatic nitrogens is 2. The van der Waals surface area contributed by atoms with E-state index in [1.807, 2.05) is 12.5 Å². The fraction of sp³-hybridized carbons (Fsp3) is 0.700. The lowest BCUT2D eigenvalue weighted by molar-refractivity contribution is 0.502. The van der Waals surface area contributed by atoms with Gasteiger partial charge in [0.25, 0.3) is 0 Å². The lowest BCUT2D eigenvalue weighted by Gasteiger charge is -2.10. The largest absolute Gasteiger partial charge is 0.333 e. The first-order chi connectivity index (χ1) is 6.24. The average molecular weight is 181 g/mol. The SMILES string of the molecule is CCNCc1cncn1CC(C)C. The van der Waals surface area contributed by atoms with E-state index in [-0.39, 0.29) is 0 Å². The molecule has 3 heteroatoms. The van der Waals surface area contributed by atoms with Crippen LogP contribution in [0.3, 0.4) is 0 Å². The number of imidazole rings is 1. The van der Waals surface area contributed by atoms with Gasteiger partial charge in [0.05, 0.1) is 12.0 Å². The van der Waals surface area contributed by atoms with Gasteiger partial charge in [0.15, 0.2) is 0 Å². The molecule has 0 aliphatic rings. The van der Waals surface area contributed by atoms with E-state index in [0.29, 0.717) is 5.92 Å². The van der Waals surface area contributed by atoms with Gasteiger partial charge in [-0.25, -0.2) is 4.98 Å². The number of nitrogens with zero attached hydrogens (tertiary/aromatic N) is 2. The Morgan fingerprint density at radius 2 is 2.31 bits per heavy atom. The van der Waals surface area contributed by atoms with E-state index in [1.165, 1.54) is 5.69 Å². The summed E-state index contributed by atoms with van der Waals surface area (Å²) in [5, 5.41) is 3.30. The summed E-state index contributed by atoms with van der Waals surface area (Å²) >= 11 is 0. The van der Waals surface area contributed by atoms with Gasteiger partial charge in [0.2, 0.25) is 0 Å². The van der Waals surface area contributed by atoms with E-state index in [0.717, 1.165) is 19.6 Å². The molecule has 1 N–H and O–H groups in total. The normalized spacial score (nSPS) is 11.1. The number of rotatable bonds is 5. The molecule has 74 valence electrons. The van der Waals surface area contributed by atoms with Crippen molar-refractivity contribution in [1.29, 1.82) is 0 Å². The smallest absolute Gasteiger partial charge is 0.0948 e. The highest BCUT2D eigenvalue weighted by molar-refractivity contribution is 4.97. The molecule has 0 aliphatic carbocycles. The number of hydrogen-bond acceptors (Lipinski definition) is 2. The van der Waals surface area contributed by atoms with Crippen LogP contribution >= 0.6 is 0 Å². The van der Waals surface area contributed by atoms with Gasteiger partial charge < -0.3 is 9.88 Å². The van der Waals surface area contributed by atoms with E-state index in [4.69, 9.17) is 0 Å². The first-order valence-corrected chi connectivity index (χ1v) is 4.93. The van der Waals surface area contributed by atoms with E-state index >= 15 is 0 Å². The minimum Gasteiger partial charge on any atom is -0.333 e. The van der Waals surface area contributed by atoms with Crippen LogP contribution in [0.25, 0.3) is 0 Å². The van der Waals surface area contributed by atoms with Crippen molar-refractivity contribution in [1.82, 2.24) is 14.9 Å². The van der Waals surface area contributed by atoms with Crippen molar-refractivity contribution < 1.29 is 0 Å². The van der Waals surface area contributed by atoms with Gasteiger partial charge in [-0.05, 0) is 12.5 Å². The molecule has 0 saturated carbocycles. The quantitative estimate of drug-likeness (QED) is 0.748. The maximum absolute atomic E-state index is 4.15. The molecule has 0 radical (unpaired) electrons. The van der Waals surface area contributed by atoms with Crippen molar-refractivity contribution in [2.75, 3.05) is 6.54 Å². The second-order valence-corrected chi connectivity index (χ2v) is 3.71. The minimum absolute atomic E-state index is 0.676. The minimum atomic E-state index is 0.676. The molecular weight excluding hydrogens is 162 g/mol. The second kappa shape index (κ2) is 5.02. The van der Waals surface area contributed by atoms with Crippen LogP contribution in [-0.2, 0) is 13.1 Å². The average Bonchev–Trinajstić information content (AvgIpc) is 2.48. The predicted molar refractivity (Wildman–Crippen MR) is 54.4 cm³/mol. The fourth-order valence-corrected chi connectivity index (χ4v) is 1.31. The van der Waals surface area contributed by atoms with Crippen LogP contribution in [0.5, 0.6) is 0 Å². The molecule has 0 atom stereocenters. The molecule has 0 bridgehead atoms. The molecule has 1 aromatic heterocycles. The molecule has 0 spiro atoms. The molecule has 0 unspecified atom stereocenters. The van der Waals surface area contributed by atoms with Gasteiger partial charge in [0, 0.05) is 19.3 Å². The highest BCUT2D eigenvalue weighted by Gasteiger charge is 2.02. The Morgan fingerprint density at radius 1 is 1.54 bits per heavy atom. The molecule has 0 aromatic carbocycles. The maximum atomic E-state index is 4.15. The van der Waals surface area contributed by atoms with Gasteiger partial charge in [-0.1, -0.05) is 20.8 Å². The summed E-state index contributed by atoms with van der Waals surface area (Å²) in [6.45, 7) is 9.54. The van der Waals surface area contributed by atoms with E-state index < -0.39 is 0 Å². The third-order valence-corrected chi connectivity index (χ3v) is 1.92. The summed E-state index contributed by atoms with van der Waals surface area (Å²) in [6, 6.07) is 0. The molecule has 1 aromatic rings. The highest BCUT2D eigenvalue weighted by Crippen LogP contribution is 2.03. The first-order valence-electron chi connectivity index (χ1n) is 4.93. The topological polar surface area (TPSA) is 29.9 Å². The summed E-state index contributed by atoms with van der Waals surface area (Å²) in [7, 11) is 0. The Labute approximate surface area is 80.2 Å². The van der Waals surface area contributed by atoms with E-state index in [9.17, 15) is 0 Å². The van der Waals surface area contributed by atoms with Gasteiger partial charge >= 0.3 is 0 Å². The van der Waals surface area contributed by atoms with Crippen LogP contribution in [0.1, 0.15) is 26.5 Å². The molecule has 0 amide bonds. The van der Waals surface area contributed by atoms with Crippen LogP contribution in [-0.4, -0.2) is 16.1 Å². The Morgan fingerprint density at radius 3 is 2.92 bits per heavy atom. The van der Waals surface area contributed by atoms with Crippen LogP contribution in [0, 0.1) is 5.92 Å². The Bertz CT molecular complexity index is 240. The summed E-state index contributed by atoms with van der Waals surface area (Å²) in [4.78, 5) is 4.15. The third kappa shape index (κ3) is 3.19. The lowest BCUT2D eigenvalue weighted by Crippen LogP contribution is -2.16. The molecule has 1 rings (SSSR count). The van der Waals surface area contributed by atoms with Gasteiger partial charge in [-0.3, -0.25) is 0 Å². The molecular formula is C10H19N3. The third-order valence-electron chi connectivity index (χ3n) is 1.92. The number of nitrogens with one attached hydrogen (secondary N) is 1. The zero-order valence-electron chi connectivity index (χ0n) is 8.75. The van der Waals surface area contributed by atoms with Crippen LogP contribution in [0.15, 0.2) is 12.5 Å². The van der Waals surface area contributed by atoms with Gasteiger partial charge in [-0.2, -0.15) is 0 Å². The summed E-state index contributed by atoms with van der Waals surface area (Å²) in [5.41, 5.74) is 1.27. The highest BCUT2D eigenvalue weighted by atomic mass is 15.1. The monoisotopic (exact) mass is 181 g/mol. The van der Waals surface area contributed by atoms with Gasteiger partial charge in [0.1, 0.15) is 0 Å². The van der Waals surface area contributed by atoms with E-state index in [2.05, 4.69) is 35.6 Å². The zero-order chi connectivity index (χ0) is 9.68. The Kier molecular flexibility index (Phi) is 3.96. The van der Waals surface area contributed by atoms with Crippen molar-refractivity contribution in [3.05, 3.63) is 18.2 Å². The Balaban J connectivity index is 2.55. The summed E-state index contributed by atoms with van der Waals surface area (Å²) in [6.07, 6.45) is 3.84. The molecule has 1 heterocycles. The standard InChI is InChI=1S/C10H19N3/c1-4-11-5-10-6-12-8-13(10)7-9(2)3/h6,8-9,11H,4-5,7H2,1-3H3. The van der Waals surface area contributed by atoms with Crippen molar-refractivity contribution >= 4 is 0 Å². The lowest BCUT2D eigenvalue weighted by atomic mass is 10.2. The summed E-state index contributed by atoms with van der Waals surface area (Å²) in [5.74, 6) is 0.676.